The van der Waals surface area contributed by atoms with Crippen molar-refractivity contribution >= 4 is 23.6 Å². The van der Waals surface area contributed by atoms with E-state index in [2.05, 4.69) is 16.6 Å². The summed E-state index contributed by atoms with van der Waals surface area (Å²) in [5, 5.41) is 7.44. The van der Waals surface area contributed by atoms with E-state index >= 15 is 0 Å². The molecule has 0 aromatic carbocycles. The van der Waals surface area contributed by atoms with Gasteiger partial charge in [0.2, 0.25) is 23.6 Å². The Kier molecular flexibility index (Phi) is 7.89. The number of likely N-dealkylation sites (tertiary alicyclic amines) is 1. The van der Waals surface area contributed by atoms with Gasteiger partial charge in [0.15, 0.2) is 0 Å². The van der Waals surface area contributed by atoms with Crippen molar-refractivity contribution in [1.29, 1.82) is 0 Å². The zero-order valence-electron chi connectivity index (χ0n) is 23.4. The number of nitrogens with one attached hydrogen (secondary N) is 3. The van der Waals surface area contributed by atoms with Gasteiger partial charge in [-0.2, -0.15) is 13.2 Å². The summed E-state index contributed by atoms with van der Waals surface area (Å²) in [6.45, 7) is 4.30. The second kappa shape index (κ2) is 10.4. The molecule has 13 heteroatoms. The first-order valence-corrected chi connectivity index (χ1v) is 13.9. The summed E-state index contributed by atoms with van der Waals surface area (Å²) in [7, 11) is 0. The van der Waals surface area contributed by atoms with Gasteiger partial charge in [-0.15, -0.1) is 6.42 Å². The van der Waals surface area contributed by atoms with Gasteiger partial charge in [-0.25, -0.2) is 8.78 Å². The molecule has 2 aliphatic carbocycles. The molecule has 4 unspecified atom stereocenters. The molecule has 4 rings (SSSR count). The van der Waals surface area contributed by atoms with Gasteiger partial charge in [0, 0.05) is 30.8 Å². The Balaban J connectivity index is 1.56. The minimum absolute atomic E-state index is 0.0194. The summed E-state index contributed by atoms with van der Waals surface area (Å²) >= 11 is 0. The van der Waals surface area contributed by atoms with Crippen LogP contribution in [0.3, 0.4) is 0 Å². The van der Waals surface area contributed by atoms with Crippen molar-refractivity contribution in [2.45, 2.75) is 114 Å². The SMILES string of the molecule is C#CC(CC1CC2(CC2)NC1=O)NC(=O)C1CC2(CCC(F)(F)CC2)CN1C(=O)C(NC(=O)C(F)(F)F)C(C)(C)C. The lowest BCUT2D eigenvalue weighted by atomic mass is 9.71. The normalized spacial score (nSPS) is 27.6. The summed E-state index contributed by atoms with van der Waals surface area (Å²) in [4.78, 5) is 52.8. The van der Waals surface area contributed by atoms with Crippen molar-refractivity contribution in [3.8, 4) is 12.3 Å². The Labute approximate surface area is 235 Å². The summed E-state index contributed by atoms with van der Waals surface area (Å²) < 4.78 is 67.4. The predicted octanol–water partition coefficient (Wildman–Crippen LogP) is 3.05. The van der Waals surface area contributed by atoms with Crippen LogP contribution in [0.5, 0.6) is 0 Å². The summed E-state index contributed by atoms with van der Waals surface area (Å²) in [6.07, 6.45) is 2.12. The van der Waals surface area contributed by atoms with Crippen molar-refractivity contribution in [3.05, 3.63) is 0 Å². The molecule has 2 aliphatic heterocycles. The topological polar surface area (TPSA) is 108 Å². The fraction of sp³-hybridized carbons (Fsp3) is 0.786. The van der Waals surface area contributed by atoms with Crippen LogP contribution in [0.2, 0.25) is 0 Å². The van der Waals surface area contributed by atoms with Crippen LogP contribution in [-0.4, -0.2) is 70.8 Å². The first-order chi connectivity index (χ1) is 18.8. The number of terminal acetylenes is 1. The molecule has 228 valence electrons. The Bertz CT molecular complexity index is 1130. The molecule has 0 radical (unpaired) electrons. The Morgan fingerprint density at radius 1 is 1.05 bits per heavy atom. The average Bonchev–Trinajstić information content (AvgIpc) is 3.38. The maximum atomic E-state index is 14.0. The molecule has 2 heterocycles. The molecule has 4 atom stereocenters. The van der Waals surface area contributed by atoms with Crippen molar-refractivity contribution < 1.29 is 41.1 Å². The quantitative estimate of drug-likeness (QED) is 0.328. The number of halogens is 5. The van der Waals surface area contributed by atoms with Gasteiger partial charge < -0.3 is 20.9 Å². The highest BCUT2D eigenvalue weighted by Gasteiger charge is 2.56. The number of amides is 4. The van der Waals surface area contributed by atoms with E-state index in [0.29, 0.717) is 6.42 Å². The molecule has 0 aromatic rings. The van der Waals surface area contributed by atoms with E-state index < -0.39 is 77.5 Å². The van der Waals surface area contributed by atoms with Crippen LogP contribution in [0.25, 0.3) is 0 Å². The summed E-state index contributed by atoms with van der Waals surface area (Å²) in [5.41, 5.74) is -2.21. The zero-order valence-corrected chi connectivity index (χ0v) is 23.4. The Morgan fingerprint density at radius 3 is 2.15 bits per heavy atom. The largest absolute Gasteiger partial charge is 0.471 e. The molecule has 0 bridgehead atoms. The van der Waals surface area contributed by atoms with E-state index in [4.69, 9.17) is 6.42 Å². The number of alkyl halides is 5. The number of hydrogen-bond acceptors (Lipinski definition) is 4. The van der Waals surface area contributed by atoms with Crippen LogP contribution < -0.4 is 16.0 Å². The highest BCUT2D eigenvalue weighted by molar-refractivity contribution is 5.94. The smallest absolute Gasteiger partial charge is 0.350 e. The third-order valence-corrected chi connectivity index (χ3v) is 9.07. The molecule has 2 spiro atoms. The van der Waals surface area contributed by atoms with Gasteiger partial charge >= 0.3 is 12.1 Å². The van der Waals surface area contributed by atoms with Gasteiger partial charge in [-0.3, -0.25) is 19.2 Å². The van der Waals surface area contributed by atoms with E-state index in [1.165, 1.54) is 20.8 Å². The number of carbonyl (C=O) groups is 4. The van der Waals surface area contributed by atoms with Gasteiger partial charge in [-0.1, -0.05) is 26.7 Å². The second-order valence-corrected chi connectivity index (χ2v) is 13.4. The predicted molar refractivity (Wildman–Crippen MR) is 137 cm³/mol. The van der Waals surface area contributed by atoms with Crippen LogP contribution in [0.15, 0.2) is 0 Å². The van der Waals surface area contributed by atoms with Crippen LogP contribution in [0.1, 0.15) is 78.6 Å². The lowest BCUT2D eigenvalue weighted by Gasteiger charge is -2.38. The van der Waals surface area contributed by atoms with Crippen molar-refractivity contribution in [1.82, 2.24) is 20.9 Å². The number of hydrogen-bond donors (Lipinski definition) is 3. The standard InChI is InChI=1S/C28H37F5N4O4/c1-5-17(12-16-13-26(8-9-26)36-20(16)38)34-21(39)18-14-25(6-10-27(29,30)11-7-25)15-37(18)22(40)19(24(2,3)4)35-23(41)28(31,32)33/h1,16-19H,6-15H2,2-4H3,(H,34,39)(H,35,41)(H,36,38). The highest BCUT2D eigenvalue weighted by atomic mass is 19.4. The highest BCUT2D eigenvalue weighted by Crippen LogP contribution is 2.51. The maximum Gasteiger partial charge on any atom is 0.471 e. The molecule has 3 N–H and O–H groups in total. The molecule has 2 saturated heterocycles. The van der Waals surface area contributed by atoms with E-state index in [9.17, 15) is 41.1 Å². The summed E-state index contributed by atoms with van der Waals surface area (Å²) in [6, 6.07) is -3.71. The fourth-order valence-electron chi connectivity index (χ4n) is 6.43. The number of carbonyl (C=O) groups excluding carboxylic acids is 4. The molecule has 4 fully saturated rings. The Hall–Kier alpha value is -2.91. The molecule has 41 heavy (non-hydrogen) atoms. The lowest BCUT2D eigenvalue weighted by Crippen LogP contribution is -2.59. The number of rotatable bonds is 6. The van der Waals surface area contributed by atoms with Crippen LogP contribution in [0, 0.1) is 29.1 Å². The molecule has 0 aromatic heterocycles. The van der Waals surface area contributed by atoms with E-state index in [0.717, 1.165) is 17.7 Å². The van der Waals surface area contributed by atoms with Gasteiger partial charge in [0.25, 0.3) is 0 Å². The molecular weight excluding hydrogens is 551 g/mol. The molecule has 2 saturated carbocycles. The minimum Gasteiger partial charge on any atom is -0.350 e. The molecular formula is C28H37F5N4O4. The first-order valence-electron chi connectivity index (χ1n) is 13.9. The van der Waals surface area contributed by atoms with E-state index in [-0.39, 0.29) is 43.7 Å². The van der Waals surface area contributed by atoms with Crippen LogP contribution in [0.4, 0.5) is 22.0 Å². The Morgan fingerprint density at radius 2 is 1.66 bits per heavy atom. The molecule has 4 aliphatic rings. The van der Waals surface area contributed by atoms with Crippen molar-refractivity contribution in [3.63, 3.8) is 0 Å². The van der Waals surface area contributed by atoms with Crippen molar-refractivity contribution in [2.75, 3.05) is 6.54 Å². The first kappa shape index (κ1) is 31.0. The fourth-order valence-corrected chi connectivity index (χ4v) is 6.43. The minimum atomic E-state index is -5.24. The van der Waals surface area contributed by atoms with Gasteiger partial charge in [0.05, 0.1) is 6.04 Å². The van der Waals surface area contributed by atoms with Crippen molar-refractivity contribution in [2.24, 2.45) is 16.7 Å². The lowest BCUT2D eigenvalue weighted by molar-refractivity contribution is -0.176. The monoisotopic (exact) mass is 588 g/mol. The molecule has 8 nitrogen and oxygen atoms in total. The van der Waals surface area contributed by atoms with Crippen LogP contribution in [-0.2, 0) is 19.2 Å². The van der Waals surface area contributed by atoms with Gasteiger partial charge in [0.1, 0.15) is 12.1 Å². The molecule has 4 amide bonds. The summed E-state index contributed by atoms with van der Waals surface area (Å²) in [5.74, 6) is -4.85. The second-order valence-electron chi connectivity index (χ2n) is 13.4. The van der Waals surface area contributed by atoms with Gasteiger partial charge in [-0.05, 0) is 55.8 Å². The van der Waals surface area contributed by atoms with E-state index in [1.807, 2.05) is 0 Å². The zero-order chi connectivity index (χ0) is 30.6. The average molecular weight is 589 g/mol. The van der Waals surface area contributed by atoms with E-state index in [1.54, 1.807) is 5.32 Å². The number of nitrogens with zero attached hydrogens (tertiary/aromatic N) is 1. The third kappa shape index (κ3) is 6.78. The van der Waals surface area contributed by atoms with Crippen LogP contribution >= 0.6 is 0 Å². The maximum absolute atomic E-state index is 14.0. The third-order valence-electron chi connectivity index (χ3n) is 9.07.